The van der Waals surface area contributed by atoms with Crippen molar-refractivity contribution in [3.8, 4) is 0 Å². The Kier molecular flexibility index (Phi) is 4.54. The van der Waals surface area contributed by atoms with Crippen molar-refractivity contribution in [1.82, 2.24) is 5.32 Å². The molecule has 4 nitrogen and oxygen atoms in total. The van der Waals surface area contributed by atoms with Crippen molar-refractivity contribution >= 4 is 5.91 Å². The molecule has 0 radical (unpaired) electrons. The maximum absolute atomic E-state index is 11.5. The summed E-state index contributed by atoms with van der Waals surface area (Å²) in [5, 5.41) is 2.91. The van der Waals surface area contributed by atoms with Crippen molar-refractivity contribution < 1.29 is 9.53 Å². The molecule has 0 aromatic carbocycles. The van der Waals surface area contributed by atoms with Crippen LogP contribution < -0.4 is 11.1 Å². The monoisotopic (exact) mass is 214 g/mol. The van der Waals surface area contributed by atoms with Gasteiger partial charge < -0.3 is 15.8 Å². The van der Waals surface area contributed by atoms with Gasteiger partial charge in [0, 0.05) is 20.3 Å². The summed E-state index contributed by atoms with van der Waals surface area (Å²) in [6.07, 6.45) is 3.96. The van der Waals surface area contributed by atoms with Gasteiger partial charge in [0.05, 0.1) is 6.04 Å². The number of nitrogens with two attached hydrogens (primary N) is 1. The van der Waals surface area contributed by atoms with Crippen LogP contribution in [0.4, 0.5) is 0 Å². The first kappa shape index (κ1) is 12.5. The molecule has 1 fully saturated rings. The lowest BCUT2D eigenvalue weighted by molar-refractivity contribution is -0.122. The molecule has 0 saturated heterocycles. The van der Waals surface area contributed by atoms with Crippen LogP contribution in [0.1, 0.15) is 32.6 Å². The number of hydrogen-bond acceptors (Lipinski definition) is 3. The maximum atomic E-state index is 11.5. The second-order valence-corrected chi connectivity index (χ2v) is 4.77. The summed E-state index contributed by atoms with van der Waals surface area (Å²) < 4.78 is 4.91. The molecule has 1 atom stereocenters. The highest BCUT2D eigenvalue weighted by molar-refractivity contribution is 5.81. The van der Waals surface area contributed by atoms with E-state index in [9.17, 15) is 4.79 Å². The maximum Gasteiger partial charge on any atom is 0.236 e. The number of ether oxygens (including phenoxy) is 1. The van der Waals surface area contributed by atoms with Crippen LogP contribution in [0.25, 0.3) is 0 Å². The molecular formula is C11H22N2O2. The van der Waals surface area contributed by atoms with E-state index in [1.165, 1.54) is 12.8 Å². The van der Waals surface area contributed by atoms with Crippen molar-refractivity contribution in [1.29, 1.82) is 0 Å². The summed E-state index contributed by atoms with van der Waals surface area (Å²) in [5.74, 6) is -0.0285. The van der Waals surface area contributed by atoms with Crippen LogP contribution in [0.5, 0.6) is 0 Å². The molecular weight excluding hydrogens is 192 g/mol. The van der Waals surface area contributed by atoms with Gasteiger partial charge in [-0.25, -0.2) is 0 Å². The Morgan fingerprint density at radius 1 is 1.60 bits per heavy atom. The Morgan fingerprint density at radius 2 is 2.27 bits per heavy atom. The predicted octanol–water partition coefficient (Wildman–Crippen LogP) is 0.657. The molecule has 1 unspecified atom stereocenters. The van der Waals surface area contributed by atoms with Gasteiger partial charge in [-0.3, -0.25) is 4.79 Å². The van der Waals surface area contributed by atoms with E-state index in [4.69, 9.17) is 10.5 Å². The fourth-order valence-electron chi connectivity index (χ4n) is 1.40. The standard InChI is InChI=1S/C11H22N2O2/c1-11(5-6-11)8-13-10(14)9(12)4-3-7-15-2/h9H,3-8,12H2,1-2H3,(H,13,14). The molecule has 0 bridgehead atoms. The molecule has 1 rings (SSSR count). The second-order valence-electron chi connectivity index (χ2n) is 4.77. The fourth-order valence-corrected chi connectivity index (χ4v) is 1.40. The van der Waals surface area contributed by atoms with Gasteiger partial charge in [-0.15, -0.1) is 0 Å². The molecule has 0 spiro atoms. The normalized spacial score (nSPS) is 19.7. The number of carbonyl (C=O) groups excluding carboxylic acids is 1. The quantitative estimate of drug-likeness (QED) is 0.612. The lowest BCUT2D eigenvalue weighted by atomic mass is 10.1. The van der Waals surface area contributed by atoms with E-state index in [1.54, 1.807) is 7.11 Å². The van der Waals surface area contributed by atoms with Crippen LogP contribution in [-0.4, -0.2) is 32.2 Å². The van der Waals surface area contributed by atoms with Crippen LogP contribution in [0.2, 0.25) is 0 Å². The topological polar surface area (TPSA) is 64.3 Å². The molecule has 1 saturated carbocycles. The zero-order valence-electron chi connectivity index (χ0n) is 9.71. The molecule has 1 aliphatic carbocycles. The first-order valence-electron chi connectivity index (χ1n) is 5.60. The van der Waals surface area contributed by atoms with E-state index in [0.717, 1.165) is 13.0 Å². The van der Waals surface area contributed by atoms with Crippen LogP contribution in [0, 0.1) is 5.41 Å². The van der Waals surface area contributed by atoms with Gasteiger partial charge in [0.25, 0.3) is 0 Å². The van der Waals surface area contributed by atoms with Gasteiger partial charge in [-0.05, 0) is 31.1 Å². The van der Waals surface area contributed by atoms with Crippen LogP contribution in [0.3, 0.4) is 0 Å². The molecule has 1 aliphatic rings. The SMILES string of the molecule is COCCCC(N)C(=O)NCC1(C)CC1. The second kappa shape index (κ2) is 5.47. The van der Waals surface area contributed by atoms with Crippen LogP contribution >= 0.6 is 0 Å². The molecule has 4 heteroatoms. The van der Waals surface area contributed by atoms with E-state index in [-0.39, 0.29) is 11.9 Å². The first-order chi connectivity index (χ1) is 7.07. The molecule has 0 aromatic heterocycles. The third-order valence-electron chi connectivity index (χ3n) is 2.99. The number of hydrogen-bond donors (Lipinski definition) is 2. The van der Waals surface area contributed by atoms with E-state index in [0.29, 0.717) is 18.4 Å². The van der Waals surface area contributed by atoms with Gasteiger partial charge >= 0.3 is 0 Å². The van der Waals surface area contributed by atoms with Gasteiger partial charge in [0.2, 0.25) is 5.91 Å². The predicted molar refractivity (Wildman–Crippen MR) is 59.4 cm³/mol. The van der Waals surface area contributed by atoms with E-state index in [1.807, 2.05) is 0 Å². The number of amides is 1. The third kappa shape index (κ3) is 4.62. The minimum Gasteiger partial charge on any atom is -0.385 e. The van der Waals surface area contributed by atoms with Gasteiger partial charge in [-0.1, -0.05) is 6.92 Å². The zero-order chi connectivity index (χ0) is 11.3. The average molecular weight is 214 g/mol. The van der Waals surface area contributed by atoms with Crippen molar-refractivity contribution in [2.75, 3.05) is 20.3 Å². The Labute approximate surface area is 91.5 Å². The third-order valence-corrected chi connectivity index (χ3v) is 2.99. The van der Waals surface area contributed by atoms with Crippen molar-refractivity contribution in [3.63, 3.8) is 0 Å². The smallest absolute Gasteiger partial charge is 0.236 e. The lowest BCUT2D eigenvalue weighted by Crippen LogP contribution is -2.42. The van der Waals surface area contributed by atoms with E-state index in [2.05, 4.69) is 12.2 Å². The molecule has 0 aromatic rings. The molecule has 0 heterocycles. The number of nitrogens with one attached hydrogen (secondary N) is 1. The average Bonchev–Trinajstić information content (AvgIpc) is 2.94. The van der Waals surface area contributed by atoms with Crippen molar-refractivity contribution in [3.05, 3.63) is 0 Å². The summed E-state index contributed by atoms with van der Waals surface area (Å²) in [6.45, 7) is 3.62. The van der Waals surface area contributed by atoms with Gasteiger partial charge in [0.1, 0.15) is 0 Å². The van der Waals surface area contributed by atoms with Gasteiger partial charge in [0.15, 0.2) is 0 Å². The Hall–Kier alpha value is -0.610. The Morgan fingerprint density at radius 3 is 2.80 bits per heavy atom. The minimum absolute atomic E-state index is 0.0285. The first-order valence-corrected chi connectivity index (χ1v) is 5.60. The van der Waals surface area contributed by atoms with Crippen molar-refractivity contribution in [2.45, 2.75) is 38.6 Å². The molecule has 0 aliphatic heterocycles. The van der Waals surface area contributed by atoms with Crippen LogP contribution in [0.15, 0.2) is 0 Å². The molecule has 3 N–H and O–H groups in total. The highest BCUT2D eigenvalue weighted by Crippen LogP contribution is 2.43. The highest BCUT2D eigenvalue weighted by atomic mass is 16.5. The summed E-state index contributed by atoms with van der Waals surface area (Å²) in [4.78, 5) is 11.5. The number of carbonyl (C=O) groups is 1. The molecule has 1 amide bonds. The van der Waals surface area contributed by atoms with Crippen molar-refractivity contribution in [2.24, 2.45) is 11.1 Å². The van der Waals surface area contributed by atoms with Crippen LogP contribution in [-0.2, 0) is 9.53 Å². The summed E-state index contributed by atoms with van der Waals surface area (Å²) in [7, 11) is 1.65. The fraction of sp³-hybridized carbons (Fsp3) is 0.909. The summed E-state index contributed by atoms with van der Waals surface area (Å²) in [5.41, 5.74) is 6.09. The molecule has 88 valence electrons. The zero-order valence-corrected chi connectivity index (χ0v) is 9.71. The summed E-state index contributed by atoms with van der Waals surface area (Å²) in [6, 6.07) is -0.387. The Bertz CT molecular complexity index is 215. The Balaban J connectivity index is 2.09. The van der Waals surface area contributed by atoms with E-state index < -0.39 is 0 Å². The number of methoxy groups -OCH3 is 1. The minimum atomic E-state index is -0.387. The van der Waals surface area contributed by atoms with Gasteiger partial charge in [-0.2, -0.15) is 0 Å². The lowest BCUT2D eigenvalue weighted by Gasteiger charge is -2.14. The molecule has 15 heavy (non-hydrogen) atoms. The number of rotatable bonds is 7. The highest BCUT2D eigenvalue weighted by Gasteiger charge is 2.37. The van der Waals surface area contributed by atoms with E-state index >= 15 is 0 Å². The largest absolute Gasteiger partial charge is 0.385 e. The summed E-state index contributed by atoms with van der Waals surface area (Å²) >= 11 is 0.